The molecule has 1 heteroatoms. The van der Waals surface area contributed by atoms with Crippen molar-refractivity contribution in [2.75, 3.05) is 0 Å². The van der Waals surface area contributed by atoms with Crippen molar-refractivity contribution in [3.8, 4) is 0 Å². The maximum atomic E-state index is 12.8. The molecule has 0 saturated heterocycles. The van der Waals surface area contributed by atoms with Crippen molar-refractivity contribution in [2.24, 2.45) is 0 Å². The van der Waals surface area contributed by atoms with Gasteiger partial charge in [0.1, 0.15) is 5.82 Å². The first kappa shape index (κ1) is 17.4. The van der Waals surface area contributed by atoms with E-state index < -0.39 is 0 Å². The highest BCUT2D eigenvalue weighted by Crippen LogP contribution is 2.18. The van der Waals surface area contributed by atoms with Crippen molar-refractivity contribution >= 4 is 0 Å². The molecule has 0 saturated carbocycles. The van der Waals surface area contributed by atoms with Gasteiger partial charge in [0.25, 0.3) is 0 Å². The molecule has 0 spiro atoms. The SMILES string of the molecule is Cc1cc(C(C)C)ccc1F.Cc1ccccc1C(C)C. The van der Waals surface area contributed by atoms with Gasteiger partial charge in [-0.15, -0.1) is 0 Å². The summed E-state index contributed by atoms with van der Waals surface area (Å²) in [6, 6.07) is 13.8. The molecule has 0 aromatic heterocycles. The van der Waals surface area contributed by atoms with E-state index in [2.05, 4.69) is 58.9 Å². The van der Waals surface area contributed by atoms with Crippen molar-refractivity contribution in [1.82, 2.24) is 0 Å². The zero-order valence-corrected chi connectivity index (χ0v) is 14.1. The summed E-state index contributed by atoms with van der Waals surface area (Å²) in [6.45, 7) is 12.6. The van der Waals surface area contributed by atoms with Gasteiger partial charge in [-0.1, -0.05) is 64.1 Å². The molecule has 0 N–H and O–H groups in total. The van der Waals surface area contributed by atoms with Crippen LogP contribution in [0, 0.1) is 19.7 Å². The number of hydrogen-bond donors (Lipinski definition) is 0. The zero-order chi connectivity index (χ0) is 16.0. The summed E-state index contributed by atoms with van der Waals surface area (Å²) in [7, 11) is 0. The predicted octanol–water partition coefficient (Wildman–Crippen LogP) is 6.38. The third-order valence-electron chi connectivity index (χ3n) is 3.66. The monoisotopic (exact) mass is 286 g/mol. The molecule has 0 heterocycles. The molecule has 0 aliphatic carbocycles. The third-order valence-corrected chi connectivity index (χ3v) is 3.66. The molecule has 0 fully saturated rings. The van der Waals surface area contributed by atoms with Gasteiger partial charge in [-0.05, 0) is 54.0 Å². The van der Waals surface area contributed by atoms with Crippen LogP contribution in [0.2, 0.25) is 0 Å². The van der Waals surface area contributed by atoms with Crippen molar-refractivity contribution in [2.45, 2.75) is 53.4 Å². The Morgan fingerprint density at radius 3 is 1.81 bits per heavy atom. The molecule has 114 valence electrons. The average Bonchev–Trinajstić information content (AvgIpc) is 2.42. The molecule has 0 amide bonds. The van der Waals surface area contributed by atoms with Crippen LogP contribution in [0.4, 0.5) is 4.39 Å². The largest absolute Gasteiger partial charge is 0.207 e. The van der Waals surface area contributed by atoms with E-state index in [9.17, 15) is 4.39 Å². The standard InChI is InChI=1S/C10H13F.C10H14/c1-7(2)9-4-5-10(11)8(3)6-9;1-8(2)10-7-5-4-6-9(10)3/h4-7H,1-3H3;4-8H,1-3H3. The van der Waals surface area contributed by atoms with Crippen LogP contribution < -0.4 is 0 Å². The van der Waals surface area contributed by atoms with E-state index in [-0.39, 0.29) is 5.82 Å². The van der Waals surface area contributed by atoms with E-state index in [0.717, 1.165) is 5.56 Å². The number of halogens is 1. The first-order valence-electron chi connectivity index (χ1n) is 7.64. The Balaban J connectivity index is 0.000000211. The first-order chi connectivity index (χ1) is 9.82. The fraction of sp³-hybridized carbons (Fsp3) is 0.400. The summed E-state index contributed by atoms with van der Waals surface area (Å²) >= 11 is 0. The second-order valence-electron chi connectivity index (χ2n) is 6.17. The highest BCUT2D eigenvalue weighted by atomic mass is 19.1. The van der Waals surface area contributed by atoms with Crippen molar-refractivity contribution in [1.29, 1.82) is 0 Å². The Hall–Kier alpha value is -1.63. The molecule has 2 aromatic rings. The first-order valence-corrected chi connectivity index (χ1v) is 7.64. The summed E-state index contributed by atoms with van der Waals surface area (Å²) in [5, 5.41) is 0. The van der Waals surface area contributed by atoms with Gasteiger partial charge >= 0.3 is 0 Å². The Kier molecular flexibility index (Phi) is 6.61. The fourth-order valence-corrected chi connectivity index (χ4v) is 2.26. The topological polar surface area (TPSA) is 0 Å². The molecule has 0 aliphatic heterocycles. The van der Waals surface area contributed by atoms with Crippen LogP contribution in [0.15, 0.2) is 42.5 Å². The van der Waals surface area contributed by atoms with Crippen molar-refractivity contribution in [3.05, 3.63) is 70.5 Å². The lowest BCUT2D eigenvalue weighted by molar-refractivity contribution is 0.616. The molecule has 0 radical (unpaired) electrons. The lowest BCUT2D eigenvalue weighted by atomic mass is 9.99. The van der Waals surface area contributed by atoms with Gasteiger partial charge in [-0.25, -0.2) is 4.39 Å². The van der Waals surface area contributed by atoms with E-state index in [1.54, 1.807) is 6.92 Å². The van der Waals surface area contributed by atoms with Gasteiger partial charge in [0.05, 0.1) is 0 Å². The van der Waals surface area contributed by atoms with Crippen LogP contribution in [-0.2, 0) is 0 Å². The van der Waals surface area contributed by atoms with Crippen LogP contribution in [-0.4, -0.2) is 0 Å². The summed E-state index contributed by atoms with van der Waals surface area (Å²) in [5.41, 5.74) is 4.79. The number of hydrogen-bond acceptors (Lipinski definition) is 0. The van der Waals surface area contributed by atoms with E-state index >= 15 is 0 Å². The zero-order valence-electron chi connectivity index (χ0n) is 14.1. The maximum absolute atomic E-state index is 12.8. The molecule has 0 aliphatic rings. The maximum Gasteiger partial charge on any atom is 0.126 e. The second-order valence-corrected chi connectivity index (χ2v) is 6.17. The minimum absolute atomic E-state index is 0.116. The van der Waals surface area contributed by atoms with Gasteiger partial charge in [0, 0.05) is 0 Å². The smallest absolute Gasteiger partial charge is 0.126 e. The summed E-state index contributed by atoms with van der Waals surface area (Å²) in [5.74, 6) is 1.02. The third kappa shape index (κ3) is 5.34. The summed E-state index contributed by atoms with van der Waals surface area (Å²) in [4.78, 5) is 0. The van der Waals surface area contributed by atoms with Crippen molar-refractivity contribution in [3.63, 3.8) is 0 Å². The number of rotatable bonds is 2. The molecular weight excluding hydrogens is 259 g/mol. The van der Waals surface area contributed by atoms with Gasteiger partial charge in [-0.3, -0.25) is 0 Å². The molecule has 0 bridgehead atoms. The van der Waals surface area contributed by atoms with Gasteiger partial charge in [-0.2, -0.15) is 0 Å². The lowest BCUT2D eigenvalue weighted by Crippen LogP contribution is -1.89. The van der Waals surface area contributed by atoms with Gasteiger partial charge in [0.2, 0.25) is 0 Å². The molecular formula is C20H27F. The summed E-state index contributed by atoms with van der Waals surface area (Å²) < 4.78 is 12.8. The molecule has 21 heavy (non-hydrogen) atoms. The van der Waals surface area contributed by atoms with E-state index in [1.165, 1.54) is 22.8 Å². The van der Waals surface area contributed by atoms with E-state index in [0.29, 0.717) is 11.8 Å². The second kappa shape index (κ2) is 7.97. The quantitative estimate of drug-likeness (QED) is 0.601. The fourth-order valence-electron chi connectivity index (χ4n) is 2.26. The number of aryl methyl sites for hydroxylation is 2. The Morgan fingerprint density at radius 1 is 0.762 bits per heavy atom. The van der Waals surface area contributed by atoms with Crippen LogP contribution in [0.3, 0.4) is 0 Å². The van der Waals surface area contributed by atoms with Gasteiger partial charge < -0.3 is 0 Å². The Morgan fingerprint density at radius 2 is 1.38 bits per heavy atom. The predicted molar refractivity (Wildman–Crippen MR) is 90.5 cm³/mol. The highest BCUT2D eigenvalue weighted by molar-refractivity contribution is 5.28. The average molecular weight is 286 g/mol. The highest BCUT2D eigenvalue weighted by Gasteiger charge is 2.01. The Bertz CT molecular complexity index is 568. The molecule has 2 aromatic carbocycles. The molecule has 2 rings (SSSR count). The normalized spacial score (nSPS) is 10.5. The minimum Gasteiger partial charge on any atom is -0.207 e. The van der Waals surface area contributed by atoms with Crippen LogP contribution in [0.25, 0.3) is 0 Å². The van der Waals surface area contributed by atoms with Gasteiger partial charge in [0.15, 0.2) is 0 Å². The van der Waals surface area contributed by atoms with E-state index in [4.69, 9.17) is 0 Å². The van der Waals surface area contributed by atoms with Crippen LogP contribution in [0.5, 0.6) is 0 Å². The minimum atomic E-state index is -0.116. The van der Waals surface area contributed by atoms with E-state index in [1.807, 2.05) is 12.1 Å². The van der Waals surface area contributed by atoms with Crippen LogP contribution in [0.1, 0.15) is 61.8 Å². The lowest BCUT2D eigenvalue weighted by Gasteiger charge is -2.07. The van der Waals surface area contributed by atoms with Crippen molar-refractivity contribution < 1.29 is 4.39 Å². The molecule has 0 unspecified atom stereocenters. The number of benzene rings is 2. The summed E-state index contributed by atoms with van der Waals surface area (Å²) in [6.07, 6.45) is 0. The Labute approximate surface area is 129 Å². The molecule has 0 nitrogen and oxygen atoms in total. The molecule has 0 atom stereocenters. The van der Waals surface area contributed by atoms with Crippen LogP contribution >= 0.6 is 0 Å².